The molecule has 0 aliphatic carbocycles. The molecule has 2 radical (unpaired) electrons. The van der Waals surface area contributed by atoms with Crippen LogP contribution in [0.3, 0.4) is 0 Å². The maximum absolute atomic E-state index is 3.61. The van der Waals surface area contributed by atoms with Crippen molar-refractivity contribution < 1.29 is 40.2 Å². The van der Waals surface area contributed by atoms with E-state index < -0.39 is 0 Å². The first-order chi connectivity index (χ1) is 26.3. The van der Waals surface area contributed by atoms with Crippen LogP contribution in [-0.2, 0) is 40.2 Å². The van der Waals surface area contributed by atoms with Gasteiger partial charge in [-0.15, -0.1) is 34.6 Å². The number of rotatable bonds is 6. The molecule has 7 aromatic rings. The molecule has 2 aliphatic heterocycles. The van der Waals surface area contributed by atoms with Gasteiger partial charge in [0.05, 0.1) is 0 Å². The van der Waals surface area contributed by atoms with E-state index in [4.69, 9.17) is 0 Å². The Kier molecular flexibility index (Phi) is 11.1. The fourth-order valence-corrected chi connectivity index (χ4v) is 8.41. The average Bonchev–Trinajstić information content (AvgIpc) is 3.74. The van der Waals surface area contributed by atoms with Crippen LogP contribution >= 0.6 is 0 Å². The van der Waals surface area contributed by atoms with Gasteiger partial charge in [0.15, 0.2) is 0 Å². The Morgan fingerprint density at radius 1 is 0.393 bits per heavy atom. The number of hydrogen-bond acceptors (Lipinski definition) is 4. The second kappa shape index (κ2) is 15.9. The van der Waals surface area contributed by atoms with Gasteiger partial charge in [0, 0.05) is 63.0 Å². The van der Waals surface area contributed by atoms with Gasteiger partial charge < -0.3 is 19.6 Å². The topological polar surface area (TPSA) is 13.0 Å². The molecule has 0 N–H and O–H groups in total. The average molecular weight is 1080 g/mol. The van der Waals surface area contributed by atoms with Gasteiger partial charge in [-0.2, -0.15) is 49.7 Å². The predicted octanol–water partition coefficient (Wildman–Crippen LogP) is 12.6. The summed E-state index contributed by atoms with van der Waals surface area (Å²) in [5.74, 6) is 0. The molecule has 0 saturated heterocycles. The minimum Gasteiger partial charge on any atom is -0.504 e. The van der Waals surface area contributed by atoms with E-state index >= 15 is 0 Å². The van der Waals surface area contributed by atoms with Gasteiger partial charge in [0.2, 0.25) is 0 Å². The van der Waals surface area contributed by atoms with E-state index in [0.717, 1.165) is 22.5 Å². The van der Waals surface area contributed by atoms with E-state index in [0.29, 0.717) is 0 Å². The Balaban J connectivity index is 0.00000240. The van der Waals surface area contributed by atoms with Gasteiger partial charge >= 0.3 is 0 Å². The van der Waals surface area contributed by atoms with Gasteiger partial charge in [0.25, 0.3) is 0 Å². The molecule has 0 spiro atoms. The standard InChI is InChI=1S/C50H42N4.2Ir/c1-33-34(2)50(44-18-10-8-16-42(44)38-25-29-40(30-26-38)54-32-52(6)46-20-12-14-22-48(46)54)36(4)35(3)49(33)43-17-9-7-15-41(43)37-23-27-39(28-24-37)53-31-51(5)45-19-11-13-21-47(45)53;;/h7-27,29,31-32H,1-6H3;;/q-4;;. The van der Waals surface area contributed by atoms with E-state index in [1.807, 2.05) is 0 Å². The molecule has 0 fully saturated rings. The predicted molar refractivity (Wildman–Crippen MR) is 227 cm³/mol. The van der Waals surface area contributed by atoms with Crippen molar-refractivity contribution in [3.63, 3.8) is 0 Å². The van der Waals surface area contributed by atoms with Crippen molar-refractivity contribution in [3.05, 3.63) is 181 Å². The minimum atomic E-state index is 0. The van der Waals surface area contributed by atoms with Crippen LogP contribution in [0.2, 0.25) is 0 Å². The van der Waals surface area contributed by atoms with Crippen LogP contribution in [0.4, 0.5) is 34.1 Å². The van der Waals surface area contributed by atoms with E-state index in [1.54, 1.807) is 0 Å². The van der Waals surface area contributed by atoms with E-state index in [1.165, 1.54) is 78.4 Å². The minimum absolute atomic E-state index is 0. The van der Waals surface area contributed by atoms with E-state index in [2.05, 4.69) is 220 Å². The smallest absolute Gasteiger partial charge is 0.0326 e. The van der Waals surface area contributed by atoms with Crippen molar-refractivity contribution in [3.8, 4) is 44.5 Å². The number of anilines is 6. The van der Waals surface area contributed by atoms with Crippen LogP contribution in [0, 0.1) is 53.2 Å². The van der Waals surface area contributed by atoms with Crippen molar-refractivity contribution in [2.24, 2.45) is 0 Å². The Morgan fingerprint density at radius 3 is 1.05 bits per heavy atom. The Bertz CT molecular complexity index is 2340. The van der Waals surface area contributed by atoms with Gasteiger partial charge in [-0.25, -0.2) is 0 Å². The van der Waals surface area contributed by atoms with Crippen molar-refractivity contribution >= 4 is 34.1 Å². The first kappa shape index (κ1) is 39.3. The second-order valence-electron chi connectivity index (χ2n) is 14.4. The fraction of sp³-hybridized carbons (Fsp3) is 0.120. The Morgan fingerprint density at radius 2 is 0.714 bits per heavy atom. The Labute approximate surface area is 359 Å². The summed E-state index contributed by atoms with van der Waals surface area (Å²) in [6, 6.07) is 54.9. The molecule has 0 aromatic heterocycles. The quantitative estimate of drug-likeness (QED) is 0.154. The SMILES string of the molecule is Cc1c(C)c(-c2ccccc2-c2c[c-]c(N3[CH-]N(C)c4ccccc43)cc2)c(C)c(C)c1-c1ccccc1-c1c[c-]c(N2[CH-]N(C)c3ccccc32)cc1.[Ir].[Ir]. The molecule has 9 rings (SSSR count). The summed E-state index contributed by atoms with van der Waals surface area (Å²) in [7, 11) is 4.18. The zero-order valence-corrected chi connectivity index (χ0v) is 37.1. The fourth-order valence-electron chi connectivity index (χ4n) is 8.41. The van der Waals surface area contributed by atoms with Crippen LogP contribution < -0.4 is 19.6 Å². The summed E-state index contributed by atoms with van der Waals surface area (Å²) in [4.78, 5) is 8.73. The molecule has 4 nitrogen and oxygen atoms in total. The summed E-state index contributed by atoms with van der Waals surface area (Å²) < 4.78 is 0. The summed E-state index contributed by atoms with van der Waals surface area (Å²) in [5.41, 5.74) is 21.8. The van der Waals surface area contributed by atoms with Gasteiger partial charge in [0.1, 0.15) is 0 Å². The summed E-state index contributed by atoms with van der Waals surface area (Å²) in [5, 5.41) is 0. The maximum Gasteiger partial charge on any atom is 0.0326 e. The van der Waals surface area contributed by atoms with Crippen molar-refractivity contribution in [1.29, 1.82) is 0 Å². The zero-order valence-electron chi connectivity index (χ0n) is 32.3. The van der Waals surface area contributed by atoms with E-state index in [-0.39, 0.29) is 40.2 Å². The molecule has 0 saturated carbocycles. The third kappa shape index (κ3) is 6.59. The molecule has 0 unspecified atom stereocenters. The summed E-state index contributed by atoms with van der Waals surface area (Å²) >= 11 is 0. The third-order valence-electron chi connectivity index (χ3n) is 11.4. The van der Waals surface area contributed by atoms with Gasteiger partial charge in [-0.05, 0) is 111 Å². The molecule has 56 heavy (non-hydrogen) atoms. The van der Waals surface area contributed by atoms with E-state index in [9.17, 15) is 0 Å². The number of para-hydroxylation sites is 4. The third-order valence-corrected chi connectivity index (χ3v) is 11.4. The molecule has 284 valence electrons. The molecule has 0 atom stereocenters. The van der Waals surface area contributed by atoms with Crippen molar-refractivity contribution in [1.82, 2.24) is 0 Å². The van der Waals surface area contributed by atoms with Crippen LogP contribution in [0.15, 0.2) is 133 Å². The zero-order chi connectivity index (χ0) is 37.1. The molecule has 6 heteroatoms. The summed E-state index contributed by atoms with van der Waals surface area (Å²) in [6.45, 7) is 13.4. The number of fused-ring (bicyclic) bond motifs is 2. The Hall–Kier alpha value is -4.96. The van der Waals surface area contributed by atoms with Crippen LogP contribution in [-0.4, -0.2) is 14.1 Å². The van der Waals surface area contributed by atoms with Crippen LogP contribution in [0.1, 0.15) is 22.3 Å². The molecule has 0 amide bonds. The van der Waals surface area contributed by atoms with Gasteiger partial charge in [-0.3, -0.25) is 0 Å². The molecule has 0 bridgehead atoms. The maximum atomic E-state index is 3.61. The number of benzene rings is 7. The van der Waals surface area contributed by atoms with Crippen molar-refractivity contribution in [2.75, 3.05) is 33.7 Å². The second-order valence-corrected chi connectivity index (χ2v) is 14.4. The first-order valence-corrected chi connectivity index (χ1v) is 18.6. The molecule has 7 aromatic carbocycles. The monoisotopic (exact) mass is 1080 g/mol. The van der Waals surface area contributed by atoms with Gasteiger partial charge in [-0.1, -0.05) is 83.9 Å². The number of hydrogen-bond donors (Lipinski definition) is 0. The number of nitrogens with zero attached hydrogens (tertiary/aromatic N) is 4. The summed E-state index contributed by atoms with van der Waals surface area (Å²) in [6.07, 6.45) is 0. The molecular formula is C50H42Ir2N4-4. The van der Waals surface area contributed by atoms with Crippen LogP contribution in [0.5, 0.6) is 0 Å². The largest absolute Gasteiger partial charge is 0.504 e. The first-order valence-electron chi connectivity index (χ1n) is 18.6. The normalized spacial score (nSPS) is 13.0. The molecule has 2 heterocycles. The molecular weight excluding hydrogens is 1040 g/mol. The van der Waals surface area contributed by atoms with Crippen LogP contribution in [0.25, 0.3) is 44.5 Å². The van der Waals surface area contributed by atoms with Crippen molar-refractivity contribution in [2.45, 2.75) is 27.7 Å². The molecule has 2 aliphatic rings.